The van der Waals surface area contributed by atoms with E-state index in [1.807, 2.05) is 65.0 Å². The maximum absolute atomic E-state index is 12.8. The van der Waals surface area contributed by atoms with E-state index >= 15 is 0 Å². The monoisotopic (exact) mass is 333 g/mol. The van der Waals surface area contributed by atoms with Crippen LogP contribution in [-0.2, 0) is 14.3 Å². The van der Waals surface area contributed by atoms with Crippen molar-refractivity contribution in [3.05, 3.63) is 35.9 Å². The van der Waals surface area contributed by atoms with Crippen LogP contribution in [0.4, 0.5) is 4.79 Å². The van der Waals surface area contributed by atoms with Gasteiger partial charge in [-0.1, -0.05) is 30.3 Å². The van der Waals surface area contributed by atoms with Gasteiger partial charge in [0.1, 0.15) is 23.7 Å². The molecular formula is C19H27NO4. The van der Waals surface area contributed by atoms with Crippen molar-refractivity contribution in [1.29, 1.82) is 0 Å². The van der Waals surface area contributed by atoms with E-state index < -0.39 is 17.4 Å². The van der Waals surface area contributed by atoms with Crippen LogP contribution >= 0.6 is 0 Å². The van der Waals surface area contributed by atoms with E-state index in [1.165, 1.54) is 0 Å². The zero-order chi connectivity index (χ0) is 18.0. The second-order valence-corrected chi connectivity index (χ2v) is 7.56. The Balaban J connectivity index is 2.35. The first kappa shape index (κ1) is 18.5. The fourth-order valence-corrected chi connectivity index (χ4v) is 3.10. The number of carbonyl (C=O) groups excluding carboxylic acids is 2. The lowest BCUT2D eigenvalue weighted by Gasteiger charge is -2.35. The van der Waals surface area contributed by atoms with E-state index in [-0.39, 0.29) is 12.1 Å². The highest BCUT2D eigenvalue weighted by molar-refractivity contribution is 5.70. The van der Waals surface area contributed by atoms with Crippen molar-refractivity contribution in [1.82, 2.24) is 4.90 Å². The molecule has 1 fully saturated rings. The molecule has 2 rings (SSSR count). The van der Waals surface area contributed by atoms with E-state index in [0.29, 0.717) is 12.8 Å². The highest BCUT2D eigenvalue weighted by atomic mass is 16.6. The summed E-state index contributed by atoms with van der Waals surface area (Å²) in [6, 6.07) is 9.54. The third-order valence-electron chi connectivity index (χ3n) is 3.98. The number of ether oxygens (including phenoxy) is 2. The Morgan fingerprint density at radius 3 is 2.46 bits per heavy atom. The quantitative estimate of drug-likeness (QED) is 0.779. The molecule has 1 unspecified atom stereocenters. The molecule has 132 valence electrons. The van der Waals surface area contributed by atoms with Gasteiger partial charge in [-0.25, -0.2) is 4.79 Å². The zero-order valence-electron chi connectivity index (χ0n) is 15.1. The average molecular weight is 333 g/mol. The highest BCUT2D eigenvalue weighted by Crippen LogP contribution is 2.43. The average Bonchev–Trinajstić information content (AvgIpc) is 2.75. The van der Waals surface area contributed by atoms with Crippen LogP contribution in [0.2, 0.25) is 0 Å². The molecule has 0 saturated carbocycles. The van der Waals surface area contributed by atoms with Gasteiger partial charge in [-0.3, -0.25) is 4.90 Å². The number of benzene rings is 1. The van der Waals surface area contributed by atoms with Crippen molar-refractivity contribution in [2.75, 3.05) is 0 Å². The predicted molar refractivity (Wildman–Crippen MR) is 91.5 cm³/mol. The first-order valence-electron chi connectivity index (χ1n) is 8.34. The van der Waals surface area contributed by atoms with E-state index in [0.717, 1.165) is 11.8 Å². The molecule has 0 aromatic heterocycles. The Labute approximate surface area is 143 Å². The summed E-state index contributed by atoms with van der Waals surface area (Å²) in [4.78, 5) is 25.3. The molecule has 1 heterocycles. The Hall–Kier alpha value is -1.88. The van der Waals surface area contributed by atoms with Gasteiger partial charge in [-0.2, -0.15) is 0 Å². The molecule has 0 aliphatic carbocycles. The summed E-state index contributed by atoms with van der Waals surface area (Å²) in [7, 11) is 0. The van der Waals surface area contributed by atoms with E-state index in [4.69, 9.17) is 9.47 Å². The third-order valence-corrected chi connectivity index (χ3v) is 3.98. The minimum Gasteiger partial charge on any atom is -0.444 e. The van der Waals surface area contributed by atoms with Crippen LogP contribution in [-0.4, -0.2) is 34.6 Å². The Morgan fingerprint density at radius 2 is 1.92 bits per heavy atom. The number of aldehydes is 1. The molecule has 24 heavy (non-hydrogen) atoms. The largest absolute Gasteiger partial charge is 0.444 e. The summed E-state index contributed by atoms with van der Waals surface area (Å²) in [5, 5.41) is 0. The molecule has 1 saturated heterocycles. The van der Waals surface area contributed by atoms with Gasteiger partial charge in [0.2, 0.25) is 0 Å². The van der Waals surface area contributed by atoms with E-state index in [2.05, 4.69) is 0 Å². The lowest BCUT2D eigenvalue weighted by Crippen LogP contribution is -2.49. The van der Waals surface area contributed by atoms with Gasteiger partial charge in [0.05, 0.1) is 6.04 Å². The Kier molecular flexibility index (Phi) is 5.33. The molecule has 5 heteroatoms. The summed E-state index contributed by atoms with van der Waals surface area (Å²) < 4.78 is 11.8. The Morgan fingerprint density at radius 1 is 1.29 bits per heavy atom. The summed E-state index contributed by atoms with van der Waals surface area (Å²) >= 11 is 0. The van der Waals surface area contributed by atoms with Crippen molar-refractivity contribution in [3.8, 4) is 0 Å². The van der Waals surface area contributed by atoms with Crippen LogP contribution in [0.3, 0.4) is 0 Å². The number of hydrogen-bond acceptors (Lipinski definition) is 4. The van der Waals surface area contributed by atoms with Crippen molar-refractivity contribution in [3.63, 3.8) is 0 Å². The van der Waals surface area contributed by atoms with Crippen LogP contribution in [0.15, 0.2) is 30.3 Å². The second-order valence-electron chi connectivity index (χ2n) is 7.56. The Bertz CT molecular complexity index is 577. The predicted octanol–water partition coefficient (Wildman–Crippen LogP) is 4.08. The lowest BCUT2D eigenvalue weighted by molar-refractivity contribution is -0.108. The summed E-state index contributed by atoms with van der Waals surface area (Å²) in [6.45, 7) is 9.22. The molecule has 1 aromatic rings. The van der Waals surface area contributed by atoms with Gasteiger partial charge in [0.25, 0.3) is 0 Å². The van der Waals surface area contributed by atoms with Crippen molar-refractivity contribution >= 4 is 12.4 Å². The number of rotatable bonds is 4. The molecule has 5 nitrogen and oxygen atoms in total. The van der Waals surface area contributed by atoms with Gasteiger partial charge in [-0.05, 0) is 46.6 Å². The molecule has 1 aromatic carbocycles. The second kappa shape index (κ2) is 6.93. The summed E-state index contributed by atoms with van der Waals surface area (Å²) in [5.41, 5.74) is -0.406. The van der Waals surface area contributed by atoms with Gasteiger partial charge in [-0.15, -0.1) is 0 Å². The molecule has 1 aliphatic heterocycles. The maximum atomic E-state index is 12.8. The maximum Gasteiger partial charge on any atom is 0.412 e. The van der Waals surface area contributed by atoms with Gasteiger partial charge >= 0.3 is 6.09 Å². The first-order valence-corrected chi connectivity index (χ1v) is 8.34. The summed E-state index contributed by atoms with van der Waals surface area (Å²) in [6.07, 6.45) is 1.08. The normalized spacial score (nSPS) is 23.1. The molecule has 0 spiro atoms. The topological polar surface area (TPSA) is 55.8 Å². The smallest absolute Gasteiger partial charge is 0.412 e. The third kappa shape index (κ3) is 4.15. The first-order chi connectivity index (χ1) is 11.2. The summed E-state index contributed by atoms with van der Waals surface area (Å²) in [5.74, 6) is 0. The molecule has 1 amide bonds. The van der Waals surface area contributed by atoms with Crippen molar-refractivity contribution in [2.24, 2.45) is 0 Å². The minimum absolute atomic E-state index is 0.248. The highest BCUT2D eigenvalue weighted by Gasteiger charge is 2.51. The fourth-order valence-electron chi connectivity index (χ4n) is 3.10. The molecule has 0 bridgehead atoms. The van der Waals surface area contributed by atoms with Gasteiger partial charge in [0.15, 0.2) is 0 Å². The number of hydrogen-bond donors (Lipinski definition) is 0. The molecular weight excluding hydrogens is 306 g/mol. The number of amides is 1. The fraction of sp³-hybridized carbons (Fsp3) is 0.579. The standard InChI is InChI=1S/C19H27NO4/c1-18(2,3)24-17(22)20-15(12-9-13-21)16(23-19(20,4)5)14-10-7-6-8-11-14/h6-8,10-11,13,15-16H,9,12H2,1-5H3/t15?,16-/m1/s1. The van der Waals surface area contributed by atoms with Gasteiger partial charge < -0.3 is 14.3 Å². The van der Waals surface area contributed by atoms with Crippen LogP contribution in [0.1, 0.15) is 59.1 Å². The van der Waals surface area contributed by atoms with Crippen LogP contribution < -0.4 is 0 Å². The van der Waals surface area contributed by atoms with E-state index in [9.17, 15) is 9.59 Å². The number of carbonyl (C=O) groups is 2. The molecule has 1 aliphatic rings. The molecule has 0 N–H and O–H groups in total. The minimum atomic E-state index is -0.809. The van der Waals surface area contributed by atoms with Crippen molar-refractivity contribution in [2.45, 2.75) is 70.9 Å². The number of nitrogens with zero attached hydrogens (tertiary/aromatic N) is 1. The zero-order valence-corrected chi connectivity index (χ0v) is 15.1. The van der Waals surface area contributed by atoms with Crippen LogP contribution in [0.25, 0.3) is 0 Å². The van der Waals surface area contributed by atoms with Gasteiger partial charge in [0, 0.05) is 6.42 Å². The molecule has 0 radical (unpaired) electrons. The van der Waals surface area contributed by atoms with E-state index in [1.54, 1.807) is 4.90 Å². The van der Waals surface area contributed by atoms with Crippen LogP contribution in [0, 0.1) is 0 Å². The van der Waals surface area contributed by atoms with Crippen molar-refractivity contribution < 1.29 is 19.1 Å². The van der Waals surface area contributed by atoms with Crippen LogP contribution in [0.5, 0.6) is 0 Å². The molecule has 2 atom stereocenters. The SMILES string of the molecule is CC(C)(C)OC(=O)N1C(CCC=O)[C@@H](c2ccccc2)OC1(C)C. The lowest BCUT2D eigenvalue weighted by atomic mass is 9.98.